The molecule has 4 rings (SSSR count). The van der Waals surface area contributed by atoms with E-state index < -0.39 is 23.7 Å². The molecule has 1 aliphatic rings. The van der Waals surface area contributed by atoms with E-state index in [1.807, 2.05) is 19.1 Å². The molecular weight excluding hydrogens is 397 g/mol. The van der Waals surface area contributed by atoms with Crippen LogP contribution in [-0.2, 0) is 9.59 Å². The van der Waals surface area contributed by atoms with Crippen LogP contribution in [0.25, 0.3) is 0 Å². The van der Waals surface area contributed by atoms with Crippen LogP contribution in [0.4, 0.5) is 21.5 Å². The Morgan fingerprint density at radius 2 is 1.68 bits per heavy atom. The van der Waals surface area contributed by atoms with E-state index >= 15 is 0 Å². The fraction of sp³-hybridized carbons (Fsp3) is 0.125. The van der Waals surface area contributed by atoms with Gasteiger partial charge in [-0.1, -0.05) is 30.3 Å². The van der Waals surface area contributed by atoms with E-state index in [1.165, 1.54) is 29.2 Å². The lowest BCUT2D eigenvalue weighted by molar-refractivity contribution is -0.122. The molecule has 3 aromatic carbocycles. The molecular formula is C24H20FN3O3. The van der Waals surface area contributed by atoms with Crippen molar-refractivity contribution in [1.29, 1.82) is 0 Å². The molecule has 0 saturated heterocycles. The summed E-state index contributed by atoms with van der Waals surface area (Å²) in [6.45, 7) is 1.82. The fourth-order valence-corrected chi connectivity index (χ4v) is 3.59. The molecule has 0 saturated carbocycles. The molecule has 0 aromatic heterocycles. The van der Waals surface area contributed by atoms with Crippen molar-refractivity contribution in [1.82, 2.24) is 0 Å². The molecule has 0 bridgehead atoms. The van der Waals surface area contributed by atoms with E-state index in [1.54, 1.807) is 36.4 Å². The number of anilines is 3. The quantitative estimate of drug-likeness (QED) is 0.670. The van der Waals surface area contributed by atoms with E-state index in [0.29, 0.717) is 22.6 Å². The average Bonchev–Trinajstić information content (AvgIpc) is 2.76. The number of rotatable bonds is 4. The van der Waals surface area contributed by atoms with Crippen molar-refractivity contribution in [2.75, 3.05) is 15.5 Å². The molecule has 0 aliphatic carbocycles. The van der Waals surface area contributed by atoms with Crippen LogP contribution >= 0.6 is 0 Å². The van der Waals surface area contributed by atoms with Crippen molar-refractivity contribution in [3.8, 4) is 0 Å². The largest absolute Gasteiger partial charge is 0.326 e. The van der Waals surface area contributed by atoms with E-state index in [0.717, 1.165) is 5.56 Å². The smallest absolute Gasteiger partial charge is 0.259 e. The van der Waals surface area contributed by atoms with Gasteiger partial charge in [0.15, 0.2) is 0 Å². The first-order chi connectivity index (χ1) is 14.9. The monoisotopic (exact) mass is 417 g/mol. The minimum absolute atomic E-state index is 0.255. The number of aryl methyl sites for hydroxylation is 1. The lowest BCUT2D eigenvalue weighted by atomic mass is 10.0. The van der Waals surface area contributed by atoms with Crippen molar-refractivity contribution in [3.63, 3.8) is 0 Å². The summed E-state index contributed by atoms with van der Waals surface area (Å²) in [4.78, 5) is 40.4. The van der Waals surface area contributed by atoms with Crippen LogP contribution < -0.4 is 15.5 Å². The van der Waals surface area contributed by atoms with Gasteiger partial charge in [-0.2, -0.15) is 0 Å². The zero-order valence-electron chi connectivity index (χ0n) is 16.8. The van der Waals surface area contributed by atoms with E-state index in [2.05, 4.69) is 10.6 Å². The SMILES string of the molecule is Cc1ccccc1C(=O)N1c2ccccc2NC(=O)C1CC(=O)Nc1ccc(F)cc1. The fourth-order valence-electron chi connectivity index (χ4n) is 3.59. The number of para-hydroxylation sites is 2. The average molecular weight is 417 g/mol. The number of hydrogen-bond acceptors (Lipinski definition) is 3. The Balaban J connectivity index is 1.66. The van der Waals surface area contributed by atoms with Crippen LogP contribution in [0.5, 0.6) is 0 Å². The highest BCUT2D eigenvalue weighted by molar-refractivity contribution is 6.18. The number of nitrogens with one attached hydrogen (secondary N) is 2. The molecule has 0 fully saturated rings. The van der Waals surface area contributed by atoms with Gasteiger partial charge in [-0.15, -0.1) is 0 Å². The van der Waals surface area contributed by atoms with Crippen LogP contribution in [-0.4, -0.2) is 23.8 Å². The van der Waals surface area contributed by atoms with Crippen molar-refractivity contribution in [3.05, 3.63) is 89.7 Å². The molecule has 3 amide bonds. The first-order valence-corrected chi connectivity index (χ1v) is 9.78. The second-order valence-corrected chi connectivity index (χ2v) is 7.27. The van der Waals surface area contributed by atoms with E-state index in [4.69, 9.17) is 0 Å². The van der Waals surface area contributed by atoms with Crippen molar-refractivity contribution < 1.29 is 18.8 Å². The van der Waals surface area contributed by atoms with E-state index in [9.17, 15) is 18.8 Å². The summed E-state index contributed by atoms with van der Waals surface area (Å²) in [5.74, 6) is -1.69. The highest BCUT2D eigenvalue weighted by Crippen LogP contribution is 2.34. The normalized spacial score (nSPS) is 15.1. The Bertz CT molecular complexity index is 1160. The van der Waals surface area contributed by atoms with Crippen LogP contribution in [0, 0.1) is 12.7 Å². The summed E-state index contributed by atoms with van der Waals surface area (Å²) in [6.07, 6.45) is -0.255. The van der Waals surface area contributed by atoms with Crippen molar-refractivity contribution >= 4 is 34.8 Å². The molecule has 31 heavy (non-hydrogen) atoms. The number of hydrogen-bond donors (Lipinski definition) is 2. The molecule has 0 radical (unpaired) electrons. The Morgan fingerprint density at radius 3 is 2.42 bits per heavy atom. The molecule has 6 nitrogen and oxygen atoms in total. The second kappa shape index (κ2) is 8.39. The molecule has 1 heterocycles. The molecule has 1 atom stereocenters. The van der Waals surface area contributed by atoms with Crippen molar-refractivity contribution in [2.24, 2.45) is 0 Å². The number of benzene rings is 3. The summed E-state index contributed by atoms with van der Waals surface area (Å²) in [7, 11) is 0. The van der Waals surface area contributed by atoms with Gasteiger partial charge in [-0.3, -0.25) is 19.3 Å². The molecule has 1 unspecified atom stereocenters. The highest BCUT2D eigenvalue weighted by Gasteiger charge is 2.38. The van der Waals surface area contributed by atoms with Gasteiger partial charge in [-0.25, -0.2) is 4.39 Å². The summed E-state index contributed by atoms with van der Waals surface area (Å²) in [6, 6.07) is 18.4. The van der Waals surface area contributed by atoms with E-state index in [-0.39, 0.29) is 12.3 Å². The molecule has 2 N–H and O–H groups in total. The third-order valence-corrected chi connectivity index (χ3v) is 5.14. The zero-order valence-corrected chi connectivity index (χ0v) is 16.8. The Hall–Kier alpha value is -4.00. The highest BCUT2D eigenvalue weighted by atomic mass is 19.1. The first-order valence-electron chi connectivity index (χ1n) is 9.78. The summed E-state index contributed by atoms with van der Waals surface area (Å²) in [5.41, 5.74) is 2.65. The number of amides is 3. The van der Waals surface area contributed by atoms with Gasteiger partial charge in [-0.05, 0) is 55.0 Å². The van der Waals surface area contributed by atoms with Gasteiger partial charge < -0.3 is 10.6 Å². The second-order valence-electron chi connectivity index (χ2n) is 7.27. The van der Waals surface area contributed by atoms with Crippen LogP contribution in [0.1, 0.15) is 22.3 Å². The maximum absolute atomic E-state index is 13.5. The standard InChI is InChI=1S/C24H20FN3O3/c1-15-6-2-3-7-18(15)24(31)28-20-9-5-4-8-19(20)27-23(30)21(28)14-22(29)26-17-12-10-16(25)11-13-17/h2-13,21H,14H2,1H3,(H,26,29)(H,27,30). The summed E-state index contributed by atoms with van der Waals surface area (Å²) in [5, 5.41) is 5.42. The summed E-state index contributed by atoms with van der Waals surface area (Å²) < 4.78 is 13.1. The maximum atomic E-state index is 13.5. The number of carbonyl (C=O) groups is 3. The van der Waals surface area contributed by atoms with Crippen molar-refractivity contribution in [2.45, 2.75) is 19.4 Å². The van der Waals surface area contributed by atoms with Gasteiger partial charge >= 0.3 is 0 Å². The number of fused-ring (bicyclic) bond motifs is 1. The Morgan fingerprint density at radius 1 is 1.00 bits per heavy atom. The number of nitrogens with zero attached hydrogens (tertiary/aromatic N) is 1. The maximum Gasteiger partial charge on any atom is 0.259 e. The lowest BCUT2D eigenvalue weighted by Gasteiger charge is -2.36. The predicted octanol–water partition coefficient (Wildman–Crippen LogP) is 4.13. The minimum atomic E-state index is -1.04. The molecule has 7 heteroatoms. The third-order valence-electron chi connectivity index (χ3n) is 5.14. The number of halogens is 1. The van der Waals surface area contributed by atoms with Gasteiger partial charge in [0.25, 0.3) is 5.91 Å². The third kappa shape index (κ3) is 4.16. The van der Waals surface area contributed by atoms with Gasteiger partial charge in [0.05, 0.1) is 17.8 Å². The predicted molar refractivity (Wildman–Crippen MR) is 116 cm³/mol. The van der Waals surface area contributed by atoms with Crippen LogP contribution in [0.2, 0.25) is 0 Å². The first kappa shape index (κ1) is 20.3. The topological polar surface area (TPSA) is 78.5 Å². The molecule has 1 aliphatic heterocycles. The molecule has 3 aromatic rings. The lowest BCUT2D eigenvalue weighted by Crippen LogP contribution is -2.52. The van der Waals surface area contributed by atoms with Crippen LogP contribution in [0.3, 0.4) is 0 Å². The van der Waals surface area contributed by atoms with Gasteiger partial charge in [0.1, 0.15) is 11.9 Å². The zero-order chi connectivity index (χ0) is 22.0. The van der Waals surface area contributed by atoms with Crippen LogP contribution in [0.15, 0.2) is 72.8 Å². The number of carbonyl (C=O) groups excluding carboxylic acids is 3. The Labute approximate surface area is 178 Å². The van der Waals surface area contributed by atoms with Gasteiger partial charge in [0, 0.05) is 11.3 Å². The molecule has 156 valence electrons. The molecule has 0 spiro atoms. The van der Waals surface area contributed by atoms with Gasteiger partial charge in [0.2, 0.25) is 11.8 Å². The minimum Gasteiger partial charge on any atom is -0.326 e. The summed E-state index contributed by atoms with van der Waals surface area (Å²) >= 11 is 0. The Kier molecular flexibility index (Phi) is 5.49.